The van der Waals surface area contributed by atoms with Gasteiger partial charge in [-0.05, 0) is 20.4 Å². The normalized spacial score (nSPS) is 26.1. The number of rotatable bonds is 3. The summed E-state index contributed by atoms with van der Waals surface area (Å²) in [4.78, 5) is 12.8. The molecule has 2 atom stereocenters. The summed E-state index contributed by atoms with van der Waals surface area (Å²) in [5.74, 6) is -0.274. The lowest BCUT2D eigenvalue weighted by Crippen LogP contribution is -2.46. The van der Waals surface area contributed by atoms with Gasteiger partial charge in [-0.25, -0.2) is 0 Å². The SMILES string of the molecule is CC(C(N)=O)N(C)C1CCOC1. The van der Waals surface area contributed by atoms with Crippen LogP contribution < -0.4 is 5.73 Å². The molecule has 2 N–H and O–H groups in total. The number of amides is 1. The van der Waals surface area contributed by atoms with E-state index in [-0.39, 0.29) is 11.9 Å². The largest absolute Gasteiger partial charge is 0.380 e. The first-order valence-corrected chi connectivity index (χ1v) is 4.22. The molecular formula is C8H16N2O2. The number of hydrogen-bond acceptors (Lipinski definition) is 3. The number of likely N-dealkylation sites (N-methyl/N-ethyl adjacent to an activating group) is 1. The second-order valence-electron chi connectivity index (χ2n) is 3.26. The van der Waals surface area contributed by atoms with Gasteiger partial charge < -0.3 is 10.5 Å². The van der Waals surface area contributed by atoms with Gasteiger partial charge in [-0.3, -0.25) is 9.69 Å². The first kappa shape index (κ1) is 9.48. The van der Waals surface area contributed by atoms with Crippen LogP contribution in [-0.4, -0.2) is 43.2 Å². The Kier molecular flexibility index (Phi) is 3.05. The summed E-state index contributed by atoms with van der Waals surface area (Å²) >= 11 is 0. The Labute approximate surface area is 72.7 Å². The van der Waals surface area contributed by atoms with Crippen molar-refractivity contribution in [1.29, 1.82) is 0 Å². The first-order valence-electron chi connectivity index (χ1n) is 4.22. The maximum atomic E-state index is 10.8. The zero-order chi connectivity index (χ0) is 9.14. The van der Waals surface area contributed by atoms with Crippen molar-refractivity contribution in [1.82, 2.24) is 4.90 Å². The molecule has 0 bridgehead atoms. The molecule has 0 aliphatic carbocycles. The molecule has 12 heavy (non-hydrogen) atoms. The standard InChI is InChI=1S/C8H16N2O2/c1-6(8(9)11)10(2)7-3-4-12-5-7/h6-7H,3-5H2,1-2H3,(H2,9,11). The van der Waals surface area contributed by atoms with Crippen LogP contribution in [0.2, 0.25) is 0 Å². The Bertz CT molecular complexity index is 166. The third-order valence-corrected chi connectivity index (χ3v) is 2.50. The van der Waals surface area contributed by atoms with E-state index >= 15 is 0 Å². The summed E-state index contributed by atoms with van der Waals surface area (Å²) in [6.07, 6.45) is 0.994. The van der Waals surface area contributed by atoms with Crippen molar-refractivity contribution in [3.63, 3.8) is 0 Å². The van der Waals surface area contributed by atoms with E-state index in [2.05, 4.69) is 0 Å². The molecule has 1 amide bonds. The van der Waals surface area contributed by atoms with Crippen molar-refractivity contribution in [3.8, 4) is 0 Å². The number of primary amides is 1. The van der Waals surface area contributed by atoms with Crippen LogP contribution in [0.5, 0.6) is 0 Å². The van der Waals surface area contributed by atoms with E-state index < -0.39 is 0 Å². The van der Waals surface area contributed by atoms with Gasteiger partial charge >= 0.3 is 0 Å². The molecule has 1 fully saturated rings. The molecule has 4 heteroatoms. The van der Waals surface area contributed by atoms with Gasteiger partial charge in [0.15, 0.2) is 0 Å². The molecule has 1 saturated heterocycles. The van der Waals surface area contributed by atoms with Crippen LogP contribution in [0.25, 0.3) is 0 Å². The summed E-state index contributed by atoms with van der Waals surface area (Å²) in [5.41, 5.74) is 5.18. The highest BCUT2D eigenvalue weighted by Crippen LogP contribution is 2.12. The fraction of sp³-hybridized carbons (Fsp3) is 0.875. The number of nitrogens with two attached hydrogens (primary N) is 1. The van der Waals surface area contributed by atoms with Crippen molar-refractivity contribution >= 4 is 5.91 Å². The number of carbonyl (C=O) groups is 1. The second kappa shape index (κ2) is 3.87. The lowest BCUT2D eigenvalue weighted by Gasteiger charge is -2.27. The van der Waals surface area contributed by atoms with Crippen molar-refractivity contribution in [2.75, 3.05) is 20.3 Å². The van der Waals surface area contributed by atoms with Crippen LogP contribution in [-0.2, 0) is 9.53 Å². The molecule has 0 aromatic heterocycles. The van der Waals surface area contributed by atoms with Crippen LogP contribution in [0.15, 0.2) is 0 Å². The summed E-state index contributed by atoms with van der Waals surface area (Å²) in [6.45, 7) is 3.33. The van der Waals surface area contributed by atoms with E-state index in [0.717, 1.165) is 13.0 Å². The predicted molar refractivity (Wildman–Crippen MR) is 45.6 cm³/mol. The van der Waals surface area contributed by atoms with Gasteiger partial charge in [0, 0.05) is 12.6 Å². The van der Waals surface area contributed by atoms with E-state index in [1.807, 2.05) is 18.9 Å². The molecule has 4 nitrogen and oxygen atoms in total. The molecule has 1 aliphatic rings. The Morgan fingerprint density at radius 3 is 2.83 bits per heavy atom. The number of hydrogen-bond donors (Lipinski definition) is 1. The summed E-state index contributed by atoms with van der Waals surface area (Å²) in [5, 5.41) is 0. The average Bonchev–Trinajstić information content (AvgIpc) is 2.53. The number of carbonyl (C=O) groups excluding carboxylic acids is 1. The topological polar surface area (TPSA) is 55.6 Å². The van der Waals surface area contributed by atoms with Crippen LogP contribution in [0.4, 0.5) is 0 Å². The van der Waals surface area contributed by atoms with Gasteiger partial charge in [-0.2, -0.15) is 0 Å². The molecule has 1 heterocycles. The fourth-order valence-corrected chi connectivity index (χ4v) is 1.36. The maximum absolute atomic E-state index is 10.8. The third kappa shape index (κ3) is 1.95. The number of nitrogens with zero attached hydrogens (tertiary/aromatic N) is 1. The molecule has 0 radical (unpaired) electrons. The van der Waals surface area contributed by atoms with Crippen LogP contribution in [0.3, 0.4) is 0 Å². The van der Waals surface area contributed by atoms with Crippen molar-refractivity contribution < 1.29 is 9.53 Å². The van der Waals surface area contributed by atoms with E-state index in [1.165, 1.54) is 0 Å². The zero-order valence-corrected chi connectivity index (χ0v) is 7.62. The maximum Gasteiger partial charge on any atom is 0.234 e. The molecule has 2 unspecified atom stereocenters. The van der Waals surface area contributed by atoms with Gasteiger partial charge in [0.2, 0.25) is 5.91 Å². The Morgan fingerprint density at radius 1 is 1.75 bits per heavy atom. The highest BCUT2D eigenvalue weighted by atomic mass is 16.5. The fourth-order valence-electron chi connectivity index (χ4n) is 1.36. The van der Waals surface area contributed by atoms with Gasteiger partial charge in [-0.1, -0.05) is 0 Å². The van der Waals surface area contributed by atoms with Crippen LogP contribution in [0, 0.1) is 0 Å². The van der Waals surface area contributed by atoms with E-state index in [9.17, 15) is 4.79 Å². The highest BCUT2D eigenvalue weighted by Gasteiger charge is 2.26. The lowest BCUT2D eigenvalue weighted by atomic mass is 10.2. The van der Waals surface area contributed by atoms with Gasteiger partial charge in [0.25, 0.3) is 0 Å². The van der Waals surface area contributed by atoms with Crippen molar-refractivity contribution in [2.45, 2.75) is 25.4 Å². The molecule has 1 rings (SSSR count). The lowest BCUT2D eigenvalue weighted by molar-refractivity contribution is -0.122. The number of ether oxygens (including phenoxy) is 1. The minimum Gasteiger partial charge on any atom is -0.380 e. The molecule has 0 aromatic carbocycles. The third-order valence-electron chi connectivity index (χ3n) is 2.50. The summed E-state index contributed by atoms with van der Waals surface area (Å²) < 4.78 is 5.21. The molecule has 0 saturated carbocycles. The predicted octanol–water partition coefficient (Wildman–Crippen LogP) is -0.419. The quantitative estimate of drug-likeness (QED) is 0.629. The molecule has 1 aliphatic heterocycles. The second-order valence-corrected chi connectivity index (χ2v) is 3.26. The summed E-state index contributed by atoms with van der Waals surface area (Å²) in [6, 6.07) is 0.157. The Morgan fingerprint density at radius 2 is 2.42 bits per heavy atom. The first-order chi connectivity index (χ1) is 5.63. The molecule has 70 valence electrons. The van der Waals surface area contributed by atoms with Gasteiger partial charge in [0.05, 0.1) is 12.6 Å². The van der Waals surface area contributed by atoms with E-state index in [0.29, 0.717) is 12.6 Å². The minimum atomic E-state index is -0.274. The van der Waals surface area contributed by atoms with Crippen molar-refractivity contribution in [2.24, 2.45) is 5.73 Å². The Hall–Kier alpha value is -0.610. The van der Waals surface area contributed by atoms with Crippen LogP contribution in [0.1, 0.15) is 13.3 Å². The van der Waals surface area contributed by atoms with E-state index in [4.69, 9.17) is 10.5 Å². The van der Waals surface area contributed by atoms with E-state index in [1.54, 1.807) is 0 Å². The van der Waals surface area contributed by atoms with Gasteiger partial charge in [0.1, 0.15) is 0 Å². The zero-order valence-electron chi connectivity index (χ0n) is 7.62. The summed E-state index contributed by atoms with van der Waals surface area (Å²) in [7, 11) is 1.91. The van der Waals surface area contributed by atoms with Crippen LogP contribution >= 0.6 is 0 Å². The van der Waals surface area contributed by atoms with Crippen molar-refractivity contribution in [3.05, 3.63) is 0 Å². The smallest absolute Gasteiger partial charge is 0.234 e. The molecular weight excluding hydrogens is 156 g/mol. The molecule has 0 aromatic rings. The monoisotopic (exact) mass is 172 g/mol. The Balaban J connectivity index is 2.44. The minimum absolute atomic E-state index is 0.198. The van der Waals surface area contributed by atoms with Gasteiger partial charge in [-0.15, -0.1) is 0 Å². The average molecular weight is 172 g/mol. The highest BCUT2D eigenvalue weighted by molar-refractivity contribution is 5.79. The molecule has 0 spiro atoms.